The van der Waals surface area contributed by atoms with Crippen LogP contribution in [0.15, 0.2) is 18.2 Å². The highest BCUT2D eigenvalue weighted by Crippen LogP contribution is 2.24. The normalized spacial score (nSPS) is 10.2. The summed E-state index contributed by atoms with van der Waals surface area (Å²) in [6.07, 6.45) is 0. The van der Waals surface area contributed by atoms with Crippen molar-refractivity contribution in [3.63, 3.8) is 0 Å². The third-order valence-electron chi connectivity index (χ3n) is 1.67. The third-order valence-corrected chi connectivity index (χ3v) is 1.67. The summed E-state index contributed by atoms with van der Waals surface area (Å²) in [7, 11) is 0. The van der Waals surface area contributed by atoms with Gasteiger partial charge in [0.15, 0.2) is 0 Å². The van der Waals surface area contributed by atoms with Crippen molar-refractivity contribution in [1.29, 1.82) is 10.5 Å². The van der Waals surface area contributed by atoms with Crippen LogP contribution < -0.4 is 4.74 Å². The predicted molar refractivity (Wildman–Crippen MR) is 56.3 cm³/mol. The molecule has 0 N–H and O–H groups in total. The molecule has 3 heteroatoms. The van der Waals surface area contributed by atoms with E-state index in [4.69, 9.17) is 15.3 Å². The van der Waals surface area contributed by atoms with Crippen LogP contribution in [0.25, 0.3) is 0 Å². The number of nitrogens with zero attached hydrogens (tertiary/aromatic N) is 2. The van der Waals surface area contributed by atoms with Crippen LogP contribution in [0.4, 0.5) is 0 Å². The minimum Gasteiger partial charge on any atom is -0.487 e. The highest BCUT2D eigenvalue weighted by Gasteiger charge is 2.16. The molecule has 76 valence electrons. The van der Waals surface area contributed by atoms with Crippen molar-refractivity contribution in [3.05, 3.63) is 29.3 Å². The van der Waals surface area contributed by atoms with Gasteiger partial charge >= 0.3 is 0 Å². The molecule has 1 rings (SSSR count). The van der Waals surface area contributed by atoms with Crippen LogP contribution in [0.2, 0.25) is 0 Å². The maximum atomic E-state index is 8.95. The fourth-order valence-corrected chi connectivity index (χ4v) is 1.15. The van der Waals surface area contributed by atoms with Gasteiger partial charge in [-0.3, -0.25) is 0 Å². The lowest BCUT2D eigenvalue weighted by Gasteiger charge is -2.22. The number of nitriles is 2. The quantitative estimate of drug-likeness (QED) is 0.700. The Kier molecular flexibility index (Phi) is 2.97. The van der Waals surface area contributed by atoms with E-state index in [9.17, 15) is 0 Å². The Morgan fingerprint density at radius 3 is 2.27 bits per heavy atom. The van der Waals surface area contributed by atoms with Crippen LogP contribution in [0.3, 0.4) is 0 Å². The maximum absolute atomic E-state index is 8.95. The van der Waals surface area contributed by atoms with Crippen LogP contribution in [0.1, 0.15) is 31.9 Å². The van der Waals surface area contributed by atoms with Gasteiger partial charge in [-0.25, -0.2) is 0 Å². The zero-order valence-corrected chi connectivity index (χ0v) is 9.03. The van der Waals surface area contributed by atoms with E-state index in [-0.39, 0.29) is 5.60 Å². The molecule has 0 spiro atoms. The van der Waals surface area contributed by atoms with Gasteiger partial charge in [-0.15, -0.1) is 0 Å². The molecule has 0 bridgehead atoms. The molecule has 0 fully saturated rings. The molecule has 0 heterocycles. The topological polar surface area (TPSA) is 56.8 Å². The summed E-state index contributed by atoms with van der Waals surface area (Å²) in [5.74, 6) is 0.462. The Morgan fingerprint density at radius 1 is 1.13 bits per heavy atom. The van der Waals surface area contributed by atoms with Crippen molar-refractivity contribution in [2.24, 2.45) is 0 Å². The van der Waals surface area contributed by atoms with Gasteiger partial charge in [-0.2, -0.15) is 10.5 Å². The van der Waals surface area contributed by atoms with E-state index in [1.54, 1.807) is 18.2 Å². The maximum Gasteiger partial charge on any atom is 0.139 e. The molecular weight excluding hydrogens is 188 g/mol. The molecular formula is C12H12N2O. The molecule has 0 aliphatic carbocycles. The van der Waals surface area contributed by atoms with E-state index in [1.807, 2.05) is 32.9 Å². The molecule has 0 saturated heterocycles. The summed E-state index contributed by atoms with van der Waals surface area (Å²) in [5.41, 5.74) is 0.272. The summed E-state index contributed by atoms with van der Waals surface area (Å²) in [6.45, 7) is 5.69. The minimum atomic E-state index is -0.375. The lowest BCUT2D eigenvalue weighted by Crippen LogP contribution is -2.23. The number of ether oxygens (including phenoxy) is 1. The molecule has 0 saturated carbocycles. The van der Waals surface area contributed by atoms with Crippen LogP contribution in [0, 0.1) is 22.7 Å². The summed E-state index contributed by atoms with van der Waals surface area (Å²) in [4.78, 5) is 0. The summed E-state index contributed by atoms with van der Waals surface area (Å²) in [6, 6.07) is 8.97. The summed E-state index contributed by atoms with van der Waals surface area (Å²) < 4.78 is 5.59. The second kappa shape index (κ2) is 4.02. The van der Waals surface area contributed by atoms with Crippen LogP contribution >= 0.6 is 0 Å². The second-order valence-electron chi connectivity index (χ2n) is 4.12. The van der Waals surface area contributed by atoms with Gasteiger partial charge in [0.1, 0.15) is 29.1 Å². The third kappa shape index (κ3) is 2.72. The first-order valence-electron chi connectivity index (χ1n) is 4.60. The minimum absolute atomic E-state index is 0.301. The Labute approximate surface area is 89.5 Å². The zero-order valence-electron chi connectivity index (χ0n) is 9.03. The number of hydrogen-bond acceptors (Lipinski definition) is 3. The van der Waals surface area contributed by atoms with Crippen LogP contribution in [0.5, 0.6) is 5.75 Å². The molecule has 15 heavy (non-hydrogen) atoms. The summed E-state index contributed by atoms with van der Waals surface area (Å²) >= 11 is 0. The lowest BCUT2D eigenvalue weighted by molar-refractivity contribution is 0.130. The van der Waals surface area contributed by atoms with E-state index in [1.165, 1.54) is 0 Å². The van der Waals surface area contributed by atoms with Gasteiger partial charge in [0.2, 0.25) is 0 Å². The average Bonchev–Trinajstić information content (AvgIpc) is 2.15. The molecule has 1 aromatic carbocycles. The fourth-order valence-electron chi connectivity index (χ4n) is 1.15. The Hall–Kier alpha value is -2.00. The molecule has 0 amide bonds. The SMILES string of the molecule is CC(C)(C)Oc1cccc(C#N)c1C#N. The largest absolute Gasteiger partial charge is 0.487 e. The van der Waals surface area contributed by atoms with Gasteiger partial charge in [-0.1, -0.05) is 6.07 Å². The standard InChI is InChI=1S/C12H12N2O/c1-12(2,3)15-11-6-4-5-9(7-13)10(11)8-14/h4-6H,1-3H3. The monoisotopic (exact) mass is 200 g/mol. The molecule has 0 aliphatic rings. The van der Waals surface area contributed by atoms with Crippen LogP contribution in [-0.2, 0) is 0 Å². The van der Waals surface area contributed by atoms with Crippen molar-refractivity contribution in [2.75, 3.05) is 0 Å². The predicted octanol–water partition coefficient (Wildman–Crippen LogP) is 2.61. The van der Waals surface area contributed by atoms with E-state index >= 15 is 0 Å². The Bertz CT molecular complexity index is 444. The van der Waals surface area contributed by atoms with Gasteiger partial charge in [0, 0.05) is 0 Å². The van der Waals surface area contributed by atoms with Gasteiger partial charge in [-0.05, 0) is 32.9 Å². The smallest absolute Gasteiger partial charge is 0.139 e. The van der Waals surface area contributed by atoms with E-state index < -0.39 is 0 Å². The molecule has 0 aliphatic heterocycles. The molecule has 0 aromatic heterocycles. The van der Waals surface area contributed by atoms with Gasteiger partial charge in [0.25, 0.3) is 0 Å². The second-order valence-corrected chi connectivity index (χ2v) is 4.12. The van der Waals surface area contributed by atoms with Gasteiger partial charge in [0.05, 0.1) is 5.56 Å². The molecule has 0 unspecified atom stereocenters. The zero-order chi connectivity index (χ0) is 11.5. The Balaban J connectivity index is 3.21. The Morgan fingerprint density at radius 2 is 1.80 bits per heavy atom. The molecule has 0 atom stereocenters. The lowest BCUT2D eigenvalue weighted by atomic mass is 10.1. The van der Waals surface area contributed by atoms with E-state index in [0.29, 0.717) is 16.9 Å². The molecule has 1 aromatic rings. The van der Waals surface area contributed by atoms with Crippen LogP contribution in [-0.4, -0.2) is 5.60 Å². The summed E-state index contributed by atoms with van der Waals surface area (Å²) in [5, 5.41) is 17.8. The van der Waals surface area contributed by atoms with E-state index in [2.05, 4.69) is 0 Å². The average molecular weight is 200 g/mol. The highest BCUT2D eigenvalue weighted by atomic mass is 16.5. The van der Waals surface area contributed by atoms with E-state index in [0.717, 1.165) is 0 Å². The van der Waals surface area contributed by atoms with Crippen molar-refractivity contribution in [1.82, 2.24) is 0 Å². The number of rotatable bonds is 1. The van der Waals surface area contributed by atoms with Crippen molar-refractivity contribution in [3.8, 4) is 17.9 Å². The first-order chi connectivity index (χ1) is 6.98. The van der Waals surface area contributed by atoms with Crippen molar-refractivity contribution in [2.45, 2.75) is 26.4 Å². The van der Waals surface area contributed by atoms with Gasteiger partial charge < -0.3 is 4.74 Å². The number of hydrogen-bond donors (Lipinski definition) is 0. The number of benzene rings is 1. The fraction of sp³-hybridized carbons (Fsp3) is 0.333. The van der Waals surface area contributed by atoms with Crippen molar-refractivity contribution >= 4 is 0 Å². The first-order valence-corrected chi connectivity index (χ1v) is 4.60. The molecule has 3 nitrogen and oxygen atoms in total. The van der Waals surface area contributed by atoms with Crippen molar-refractivity contribution < 1.29 is 4.74 Å². The highest BCUT2D eigenvalue weighted by molar-refractivity contribution is 5.53. The molecule has 0 radical (unpaired) electrons. The first kappa shape index (κ1) is 11.1.